The standard InChI is InChI=1S/C52H30S2/c1-2-13-32-28-36(25-24-31(32)12-1)48-40-20-7-5-18-38(40)47(39-19-6-8-21-41(39)48)35-16-11-15-33(29-35)44-30-34-14-3-4-17-37(34)49-43-26-27-46-50(51(43)54-52(44)49)42-22-9-10-23-45(42)53-46/h1-30H. The number of hydrogen-bond acceptors (Lipinski definition) is 2. The van der Waals surface area contributed by atoms with Crippen LogP contribution in [0.25, 0.3) is 117 Å². The Morgan fingerprint density at radius 1 is 0.278 bits per heavy atom. The van der Waals surface area contributed by atoms with Crippen LogP contribution < -0.4 is 0 Å². The van der Waals surface area contributed by atoms with Gasteiger partial charge < -0.3 is 0 Å². The lowest BCUT2D eigenvalue weighted by Crippen LogP contribution is -1.91. The van der Waals surface area contributed by atoms with Gasteiger partial charge in [0.05, 0.1) is 0 Å². The predicted molar refractivity (Wildman–Crippen MR) is 239 cm³/mol. The zero-order valence-corrected chi connectivity index (χ0v) is 30.8. The van der Waals surface area contributed by atoms with Crippen LogP contribution >= 0.6 is 22.7 Å². The molecule has 250 valence electrons. The van der Waals surface area contributed by atoms with Crippen LogP contribution in [0.1, 0.15) is 0 Å². The van der Waals surface area contributed by atoms with E-state index in [1.807, 2.05) is 22.7 Å². The summed E-state index contributed by atoms with van der Waals surface area (Å²) >= 11 is 3.86. The van der Waals surface area contributed by atoms with Crippen molar-refractivity contribution in [3.05, 3.63) is 182 Å². The van der Waals surface area contributed by atoms with Crippen molar-refractivity contribution in [2.75, 3.05) is 0 Å². The topological polar surface area (TPSA) is 0 Å². The van der Waals surface area contributed by atoms with Gasteiger partial charge in [0.25, 0.3) is 0 Å². The first-order chi connectivity index (χ1) is 26.8. The molecule has 54 heavy (non-hydrogen) atoms. The van der Waals surface area contributed by atoms with E-state index in [1.54, 1.807) is 0 Å². The fourth-order valence-electron chi connectivity index (χ4n) is 9.04. The van der Waals surface area contributed by atoms with Crippen molar-refractivity contribution >= 4 is 106 Å². The first-order valence-corrected chi connectivity index (χ1v) is 20.1. The molecule has 0 amide bonds. The molecule has 0 bridgehead atoms. The molecule has 0 saturated carbocycles. The first kappa shape index (κ1) is 30.2. The number of rotatable bonds is 3. The highest BCUT2D eigenvalue weighted by Gasteiger charge is 2.20. The second-order valence-corrected chi connectivity index (χ2v) is 16.5. The smallest absolute Gasteiger partial charge is 0.0449 e. The highest BCUT2D eigenvalue weighted by Crippen LogP contribution is 2.50. The maximum Gasteiger partial charge on any atom is 0.0449 e. The van der Waals surface area contributed by atoms with Crippen LogP contribution in [0.4, 0.5) is 0 Å². The molecule has 0 aliphatic rings. The molecule has 0 nitrogen and oxygen atoms in total. The Hall–Kier alpha value is -6.32. The highest BCUT2D eigenvalue weighted by atomic mass is 32.1. The molecule has 0 atom stereocenters. The van der Waals surface area contributed by atoms with Gasteiger partial charge in [0.1, 0.15) is 0 Å². The average molecular weight is 719 g/mol. The van der Waals surface area contributed by atoms with Gasteiger partial charge in [0.15, 0.2) is 0 Å². The summed E-state index contributed by atoms with van der Waals surface area (Å²) in [5.74, 6) is 0. The SMILES string of the molecule is c1cc(-c2c3ccccc3c(-c3ccc4ccccc4c3)c3ccccc23)cc(-c2cc3ccccc3c3c2sc2c3ccc3sc4ccccc4c32)c1. The van der Waals surface area contributed by atoms with Gasteiger partial charge in [-0.05, 0) is 101 Å². The first-order valence-electron chi connectivity index (χ1n) is 18.5. The van der Waals surface area contributed by atoms with Gasteiger partial charge in [-0.2, -0.15) is 0 Å². The Kier molecular flexibility index (Phi) is 6.48. The van der Waals surface area contributed by atoms with Crippen molar-refractivity contribution < 1.29 is 0 Å². The fourth-order valence-corrected chi connectivity index (χ4v) is 11.6. The molecule has 2 heterocycles. The van der Waals surface area contributed by atoms with Gasteiger partial charge in [0.2, 0.25) is 0 Å². The van der Waals surface area contributed by atoms with Crippen LogP contribution in [0.15, 0.2) is 182 Å². The van der Waals surface area contributed by atoms with Crippen LogP contribution in [0, 0.1) is 0 Å². The van der Waals surface area contributed by atoms with Crippen LogP contribution in [-0.2, 0) is 0 Å². The van der Waals surface area contributed by atoms with Gasteiger partial charge in [-0.15, -0.1) is 22.7 Å². The van der Waals surface area contributed by atoms with Crippen molar-refractivity contribution in [2.45, 2.75) is 0 Å². The lowest BCUT2D eigenvalue weighted by atomic mass is 9.85. The molecule has 0 radical (unpaired) electrons. The van der Waals surface area contributed by atoms with Crippen LogP contribution in [0.3, 0.4) is 0 Å². The summed E-state index contributed by atoms with van der Waals surface area (Å²) < 4.78 is 5.44. The maximum absolute atomic E-state index is 2.44. The molecule has 2 aromatic heterocycles. The van der Waals surface area contributed by atoms with E-state index in [0.717, 1.165) is 0 Å². The predicted octanol–water partition coefficient (Wildman–Crippen LogP) is 16.0. The fraction of sp³-hybridized carbons (Fsp3) is 0. The van der Waals surface area contributed by atoms with Gasteiger partial charge in [0, 0.05) is 45.9 Å². The minimum atomic E-state index is 1.23. The van der Waals surface area contributed by atoms with Crippen molar-refractivity contribution in [2.24, 2.45) is 0 Å². The van der Waals surface area contributed by atoms with Crippen molar-refractivity contribution in [1.82, 2.24) is 0 Å². The quantitative estimate of drug-likeness (QED) is 0.160. The molecule has 10 aromatic carbocycles. The zero-order valence-electron chi connectivity index (χ0n) is 29.1. The monoisotopic (exact) mass is 718 g/mol. The summed E-state index contributed by atoms with van der Waals surface area (Å²) in [6, 6.07) is 67.8. The van der Waals surface area contributed by atoms with Crippen LogP contribution in [-0.4, -0.2) is 0 Å². The number of benzene rings is 10. The third kappa shape index (κ3) is 4.36. The second kappa shape index (κ2) is 11.6. The third-order valence-electron chi connectivity index (χ3n) is 11.4. The van der Waals surface area contributed by atoms with E-state index < -0.39 is 0 Å². The number of fused-ring (bicyclic) bond motifs is 12. The van der Waals surface area contributed by atoms with E-state index in [1.165, 1.54) is 117 Å². The Bertz CT molecular complexity index is 3450. The van der Waals surface area contributed by atoms with Gasteiger partial charge in [-0.3, -0.25) is 0 Å². The van der Waals surface area contributed by atoms with Gasteiger partial charge >= 0.3 is 0 Å². The molecular formula is C52H30S2. The van der Waals surface area contributed by atoms with E-state index in [4.69, 9.17) is 0 Å². The summed E-state index contributed by atoms with van der Waals surface area (Å²) in [5, 5.41) is 15.7. The maximum atomic E-state index is 2.44. The molecule has 0 unspecified atom stereocenters. The molecule has 0 saturated heterocycles. The van der Waals surface area contributed by atoms with Crippen LogP contribution in [0.2, 0.25) is 0 Å². The molecule has 12 rings (SSSR count). The Morgan fingerprint density at radius 2 is 0.870 bits per heavy atom. The Balaban J connectivity index is 1.13. The summed E-state index contributed by atoms with van der Waals surface area (Å²) in [5.41, 5.74) is 7.60. The van der Waals surface area contributed by atoms with E-state index in [9.17, 15) is 0 Å². The number of hydrogen-bond donors (Lipinski definition) is 0. The third-order valence-corrected chi connectivity index (χ3v) is 13.8. The molecule has 0 N–H and O–H groups in total. The largest absolute Gasteiger partial charge is 0.135 e. The minimum Gasteiger partial charge on any atom is -0.135 e. The molecule has 2 heteroatoms. The van der Waals surface area contributed by atoms with Crippen LogP contribution in [0.5, 0.6) is 0 Å². The molecule has 0 fully saturated rings. The van der Waals surface area contributed by atoms with Gasteiger partial charge in [-0.25, -0.2) is 0 Å². The Morgan fingerprint density at radius 3 is 1.61 bits per heavy atom. The van der Waals surface area contributed by atoms with Crippen molar-refractivity contribution in [3.8, 4) is 33.4 Å². The average Bonchev–Trinajstić information content (AvgIpc) is 3.81. The Labute approximate surface area is 319 Å². The van der Waals surface area contributed by atoms with E-state index in [0.29, 0.717) is 0 Å². The molecule has 0 aliphatic carbocycles. The minimum absolute atomic E-state index is 1.23. The number of thiophene rings is 2. The lowest BCUT2D eigenvalue weighted by Gasteiger charge is -2.18. The van der Waals surface area contributed by atoms with E-state index >= 15 is 0 Å². The molecular weight excluding hydrogens is 689 g/mol. The van der Waals surface area contributed by atoms with Gasteiger partial charge in [-0.1, -0.05) is 152 Å². The lowest BCUT2D eigenvalue weighted by molar-refractivity contribution is 1.65. The summed E-state index contributed by atoms with van der Waals surface area (Å²) in [6.45, 7) is 0. The molecule has 0 spiro atoms. The van der Waals surface area contributed by atoms with Crippen molar-refractivity contribution in [1.29, 1.82) is 0 Å². The van der Waals surface area contributed by atoms with Crippen molar-refractivity contribution in [3.63, 3.8) is 0 Å². The second-order valence-electron chi connectivity index (χ2n) is 14.3. The normalized spacial score (nSPS) is 12.1. The zero-order chi connectivity index (χ0) is 35.3. The highest BCUT2D eigenvalue weighted by molar-refractivity contribution is 7.30. The summed E-state index contributed by atoms with van der Waals surface area (Å²) in [7, 11) is 0. The molecule has 0 aliphatic heterocycles. The molecule has 12 aromatic rings. The van der Waals surface area contributed by atoms with E-state index in [-0.39, 0.29) is 0 Å². The summed E-state index contributed by atoms with van der Waals surface area (Å²) in [4.78, 5) is 0. The summed E-state index contributed by atoms with van der Waals surface area (Å²) in [6.07, 6.45) is 0. The van der Waals surface area contributed by atoms with E-state index in [2.05, 4.69) is 182 Å².